The summed E-state index contributed by atoms with van der Waals surface area (Å²) in [5.74, 6) is 0.485. The SMILES string of the molecule is CC[C@H](N)C(=O)NCC(C)CN1CCCCC1. The molecule has 0 aliphatic carbocycles. The Morgan fingerprint density at radius 2 is 2.00 bits per heavy atom. The van der Waals surface area contributed by atoms with E-state index in [1.54, 1.807) is 0 Å². The normalized spacial score (nSPS) is 20.9. The van der Waals surface area contributed by atoms with Gasteiger partial charge in [0, 0.05) is 13.1 Å². The van der Waals surface area contributed by atoms with Crippen molar-refractivity contribution in [3.8, 4) is 0 Å². The van der Waals surface area contributed by atoms with E-state index >= 15 is 0 Å². The Hall–Kier alpha value is -0.610. The van der Waals surface area contributed by atoms with Gasteiger partial charge in [0.15, 0.2) is 0 Å². The van der Waals surface area contributed by atoms with Crippen molar-refractivity contribution in [1.29, 1.82) is 0 Å². The number of hydrogen-bond acceptors (Lipinski definition) is 3. The number of amides is 1. The van der Waals surface area contributed by atoms with Crippen molar-refractivity contribution in [1.82, 2.24) is 10.2 Å². The van der Waals surface area contributed by atoms with Crippen LogP contribution in [0.15, 0.2) is 0 Å². The zero-order valence-electron chi connectivity index (χ0n) is 11.2. The first kappa shape index (κ1) is 14.5. The molecular formula is C13H27N3O. The third-order valence-electron chi connectivity index (χ3n) is 3.42. The molecule has 3 N–H and O–H groups in total. The molecule has 0 spiro atoms. The molecular weight excluding hydrogens is 214 g/mol. The smallest absolute Gasteiger partial charge is 0.236 e. The highest BCUT2D eigenvalue weighted by Gasteiger charge is 2.15. The first-order chi connectivity index (χ1) is 8.13. The molecule has 0 bridgehead atoms. The number of nitrogens with zero attached hydrogens (tertiary/aromatic N) is 1. The number of carbonyl (C=O) groups is 1. The van der Waals surface area contributed by atoms with E-state index in [9.17, 15) is 4.79 Å². The lowest BCUT2D eigenvalue weighted by atomic mass is 10.1. The number of nitrogens with one attached hydrogen (secondary N) is 1. The summed E-state index contributed by atoms with van der Waals surface area (Å²) in [5.41, 5.74) is 5.66. The summed E-state index contributed by atoms with van der Waals surface area (Å²) in [6.45, 7) is 8.37. The van der Waals surface area contributed by atoms with Gasteiger partial charge >= 0.3 is 0 Å². The fraction of sp³-hybridized carbons (Fsp3) is 0.923. The van der Waals surface area contributed by atoms with Crippen LogP contribution in [-0.2, 0) is 4.79 Å². The Morgan fingerprint density at radius 3 is 2.59 bits per heavy atom. The fourth-order valence-electron chi connectivity index (χ4n) is 2.24. The average molecular weight is 241 g/mol. The molecule has 0 radical (unpaired) electrons. The van der Waals surface area contributed by atoms with E-state index < -0.39 is 0 Å². The van der Waals surface area contributed by atoms with Gasteiger partial charge in [0.25, 0.3) is 0 Å². The summed E-state index contributed by atoms with van der Waals surface area (Å²) >= 11 is 0. The topological polar surface area (TPSA) is 58.4 Å². The Bertz CT molecular complexity index is 227. The van der Waals surface area contributed by atoms with Crippen molar-refractivity contribution in [2.24, 2.45) is 11.7 Å². The standard InChI is InChI=1S/C13H27N3O/c1-3-12(14)13(17)15-9-11(2)10-16-7-5-4-6-8-16/h11-12H,3-10,14H2,1-2H3,(H,15,17)/t11?,12-/m0/s1. The predicted octanol–water partition coefficient (Wildman–Crippen LogP) is 0.962. The van der Waals surface area contributed by atoms with Crippen LogP contribution in [0.25, 0.3) is 0 Å². The van der Waals surface area contributed by atoms with Crippen LogP contribution < -0.4 is 11.1 Å². The molecule has 0 aromatic rings. The molecule has 1 fully saturated rings. The van der Waals surface area contributed by atoms with Crippen LogP contribution in [0.1, 0.15) is 39.5 Å². The summed E-state index contributed by atoms with van der Waals surface area (Å²) in [6.07, 6.45) is 4.71. The Morgan fingerprint density at radius 1 is 1.35 bits per heavy atom. The van der Waals surface area contributed by atoms with Gasteiger partial charge < -0.3 is 16.0 Å². The second-order valence-corrected chi connectivity index (χ2v) is 5.23. The van der Waals surface area contributed by atoms with E-state index in [1.807, 2.05) is 6.92 Å². The monoisotopic (exact) mass is 241 g/mol. The van der Waals surface area contributed by atoms with Crippen LogP contribution in [0.5, 0.6) is 0 Å². The van der Waals surface area contributed by atoms with E-state index in [4.69, 9.17) is 5.73 Å². The first-order valence-corrected chi connectivity index (χ1v) is 6.89. The third-order valence-corrected chi connectivity index (χ3v) is 3.42. The van der Waals surface area contributed by atoms with Gasteiger partial charge in [-0.2, -0.15) is 0 Å². The summed E-state index contributed by atoms with van der Waals surface area (Å²) in [6, 6.07) is -0.350. The molecule has 100 valence electrons. The van der Waals surface area contributed by atoms with Crippen molar-refractivity contribution in [3.05, 3.63) is 0 Å². The van der Waals surface area contributed by atoms with Gasteiger partial charge in [0.2, 0.25) is 5.91 Å². The van der Waals surface area contributed by atoms with E-state index in [1.165, 1.54) is 32.4 Å². The minimum absolute atomic E-state index is 0.0157. The van der Waals surface area contributed by atoms with Gasteiger partial charge in [0.05, 0.1) is 6.04 Å². The molecule has 0 saturated carbocycles. The highest BCUT2D eigenvalue weighted by molar-refractivity contribution is 5.81. The number of hydrogen-bond donors (Lipinski definition) is 2. The molecule has 4 heteroatoms. The van der Waals surface area contributed by atoms with Crippen LogP contribution in [0, 0.1) is 5.92 Å². The minimum Gasteiger partial charge on any atom is -0.354 e. The Balaban J connectivity index is 2.15. The largest absolute Gasteiger partial charge is 0.354 e. The van der Waals surface area contributed by atoms with E-state index in [2.05, 4.69) is 17.1 Å². The molecule has 17 heavy (non-hydrogen) atoms. The van der Waals surface area contributed by atoms with Gasteiger partial charge in [-0.05, 0) is 38.3 Å². The summed E-state index contributed by atoms with van der Waals surface area (Å²) < 4.78 is 0. The van der Waals surface area contributed by atoms with Gasteiger partial charge in [0.1, 0.15) is 0 Å². The quantitative estimate of drug-likeness (QED) is 0.728. The van der Waals surface area contributed by atoms with E-state index in [0.717, 1.165) is 13.1 Å². The highest BCUT2D eigenvalue weighted by atomic mass is 16.2. The summed E-state index contributed by atoms with van der Waals surface area (Å²) in [7, 11) is 0. The predicted molar refractivity (Wildman–Crippen MR) is 70.7 cm³/mol. The van der Waals surface area contributed by atoms with Crippen LogP contribution >= 0.6 is 0 Å². The highest BCUT2D eigenvalue weighted by Crippen LogP contribution is 2.10. The van der Waals surface area contributed by atoms with Crippen molar-refractivity contribution in [3.63, 3.8) is 0 Å². The molecule has 4 nitrogen and oxygen atoms in total. The summed E-state index contributed by atoms with van der Waals surface area (Å²) in [4.78, 5) is 14.0. The lowest BCUT2D eigenvalue weighted by molar-refractivity contribution is -0.122. The lowest BCUT2D eigenvalue weighted by Gasteiger charge is -2.29. The zero-order chi connectivity index (χ0) is 12.7. The van der Waals surface area contributed by atoms with Gasteiger partial charge in [-0.3, -0.25) is 4.79 Å². The van der Waals surface area contributed by atoms with Gasteiger partial charge in [-0.25, -0.2) is 0 Å². The van der Waals surface area contributed by atoms with Crippen LogP contribution in [-0.4, -0.2) is 43.0 Å². The van der Waals surface area contributed by atoms with Gasteiger partial charge in [-0.1, -0.05) is 20.3 Å². The number of piperidine rings is 1. The van der Waals surface area contributed by atoms with Crippen LogP contribution in [0.4, 0.5) is 0 Å². The van der Waals surface area contributed by atoms with Crippen molar-refractivity contribution in [2.45, 2.75) is 45.6 Å². The maximum atomic E-state index is 11.5. The van der Waals surface area contributed by atoms with Crippen molar-refractivity contribution >= 4 is 5.91 Å². The molecule has 1 heterocycles. The lowest BCUT2D eigenvalue weighted by Crippen LogP contribution is -2.43. The number of nitrogens with two attached hydrogens (primary N) is 1. The molecule has 1 amide bonds. The maximum Gasteiger partial charge on any atom is 0.236 e. The zero-order valence-corrected chi connectivity index (χ0v) is 11.2. The molecule has 1 rings (SSSR count). The average Bonchev–Trinajstić information content (AvgIpc) is 2.36. The van der Waals surface area contributed by atoms with Crippen LogP contribution in [0.3, 0.4) is 0 Å². The number of carbonyl (C=O) groups excluding carboxylic acids is 1. The second-order valence-electron chi connectivity index (χ2n) is 5.23. The fourth-order valence-corrected chi connectivity index (χ4v) is 2.24. The Labute approximate surface area is 105 Å². The molecule has 1 aliphatic heterocycles. The van der Waals surface area contributed by atoms with E-state index in [0.29, 0.717) is 12.3 Å². The molecule has 0 aromatic heterocycles. The van der Waals surface area contributed by atoms with Gasteiger partial charge in [-0.15, -0.1) is 0 Å². The van der Waals surface area contributed by atoms with E-state index in [-0.39, 0.29) is 11.9 Å². The molecule has 0 aromatic carbocycles. The molecule has 1 saturated heterocycles. The first-order valence-electron chi connectivity index (χ1n) is 6.89. The minimum atomic E-state index is -0.350. The molecule has 1 unspecified atom stereocenters. The third kappa shape index (κ3) is 5.50. The Kier molecular flexibility index (Phi) is 6.52. The second kappa shape index (κ2) is 7.67. The summed E-state index contributed by atoms with van der Waals surface area (Å²) in [5, 5.41) is 2.93. The van der Waals surface area contributed by atoms with Crippen LogP contribution in [0.2, 0.25) is 0 Å². The number of rotatable bonds is 6. The maximum absolute atomic E-state index is 11.5. The number of likely N-dealkylation sites (tertiary alicyclic amines) is 1. The molecule has 1 aliphatic rings. The van der Waals surface area contributed by atoms with Crippen molar-refractivity contribution < 1.29 is 4.79 Å². The molecule has 2 atom stereocenters. The van der Waals surface area contributed by atoms with Crippen molar-refractivity contribution in [2.75, 3.05) is 26.2 Å².